The van der Waals surface area contributed by atoms with Gasteiger partial charge in [-0.25, -0.2) is 0 Å². The molecule has 0 fully saturated rings. The molecule has 0 aliphatic rings. The molecule has 0 aromatic heterocycles. The Hall–Kier alpha value is 0.535. The Morgan fingerprint density at radius 1 is 1.80 bits per heavy atom. The zero-order valence-corrected chi connectivity index (χ0v) is 4.97. The minimum atomic E-state index is 0.656. The highest BCUT2D eigenvalue weighted by Crippen LogP contribution is 1.83. The average molecular weight is 178 g/mol. The molecule has 0 aliphatic heterocycles. The second kappa shape index (κ2) is 4.53. The Morgan fingerprint density at radius 2 is 2.40 bits per heavy atom. The van der Waals surface area contributed by atoms with E-state index in [1.165, 1.54) is 0 Å². The third kappa shape index (κ3) is 4.53. The van der Waals surface area contributed by atoms with Gasteiger partial charge in [0.25, 0.3) is 0 Å². The van der Waals surface area contributed by atoms with Crippen LogP contribution in [0.4, 0.5) is 0 Å². The van der Waals surface area contributed by atoms with E-state index in [-0.39, 0.29) is 0 Å². The first kappa shape index (κ1) is 5.53. The van der Waals surface area contributed by atoms with Crippen LogP contribution in [0, 0.1) is 0 Å². The van der Waals surface area contributed by atoms with Crippen molar-refractivity contribution < 1.29 is 0 Å². The van der Waals surface area contributed by atoms with E-state index in [9.17, 15) is 0 Å². The largest absolute Gasteiger partial charge is 0.0870 e. The van der Waals surface area contributed by atoms with Gasteiger partial charge in [-0.2, -0.15) is 0 Å². The highest BCUT2D eigenvalue weighted by molar-refractivity contribution is 14.1. The number of hydrogen-bond acceptors (Lipinski definition) is 0. The highest BCUT2D eigenvalue weighted by Gasteiger charge is 1.54. The zero-order valence-electron chi connectivity index (χ0n) is 2.82. The van der Waals surface area contributed by atoms with Gasteiger partial charge in [-0.05, 0) is 4.08 Å². The first-order valence-corrected chi connectivity index (χ1v) is 2.61. The molecular weight excluding hydrogens is 174 g/mol. The molecule has 0 saturated heterocycles. The van der Waals surface area contributed by atoms with Gasteiger partial charge in [-0.1, -0.05) is 35.0 Å². The lowest BCUT2D eigenvalue weighted by atomic mass is 10.1. The van der Waals surface area contributed by atoms with Crippen molar-refractivity contribution in [3.63, 3.8) is 0 Å². The minimum Gasteiger partial charge on any atom is -0.0870 e. The highest BCUT2D eigenvalue weighted by atomic mass is 127. The van der Waals surface area contributed by atoms with Gasteiger partial charge in [0.15, 0.2) is 0 Å². The molecule has 0 atom stereocenters. The van der Waals surface area contributed by atoms with Gasteiger partial charge in [0.05, 0.1) is 7.85 Å². The molecule has 0 bridgehead atoms. The standard InChI is InChI=1S/C3H4BI/c4-2-1-3-5/h1,3H,2H2/b3-1+. The fraction of sp³-hybridized carbons (Fsp3) is 0.333. The molecule has 0 rings (SSSR count). The number of hydrogen-bond donors (Lipinski definition) is 0. The summed E-state index contributed by atoms with van der Waals surface area (Å²) in [7, 11) is 5.05. The van der Waals surface area contributed by atoms with Gasteiger partial charge >= 0.3 is 0 Å². The predicted molar refractivity (Wildman–Crippen MR) is 33.7 cm³/mol. The molecule has 0 nitrogen and oxygen atoms in total. The average Bonchev–Trinajstić information content (AvgIpc) is 1.41. The lowest BCUT2D eigenvalue weighted by molar-refractivity contribution is 1.76. The number of halogens is 1. The Bertz CT molecular complexity index is 33.9. The van der Waals surface area contributed by atoms with E-state index in [4.69, 9.17) is 7.85 Å². The van der Waals surface area contributed by atoms with Crippen LogP contribution in [0.3, 0.4) is 0 Å². The van der Waals surface area contributed by atoms with Crippen molar-refractivity contribution in [2.45, 2.75) is 6.32 Å². The SMILES string of the molecule is [B]C/C=C/I. The van der Waals surface area contributed by atoms with Crippen LogP contribution in [-0.2, 0) is 0 Å². The summed E-state index contributed by atoms with van der Waals surface area (Å²) in [6.07, 6.45) is 2.55. The third-order valence-electron chi connectivity index (χ3n) is 0.225. The van der Waals surface area contributed by atoms with Crippen LogP contribution in [0.1, 0.15) is 0 Å². The van der Waals surface area contributed by atoms with E-state index in [1.54, 1.807) is 0 Å². The van der Waals surface area contributed by atoms with Gasteiger partial charge < -0.3 is 0 Å². The molecule has 0 aromatic rings. The summed E-state index contributed by atoms with van der Waals surface area (Å²) < 4.78 is 1.90. The molecule has 0 N–H and O–H groups in total. The molecule has 0 aromatic carbocycles. The molecule has 0 aliphatic carbocycles. The zero-order chi connectivity index (χ0) is 4.12. The summed E-state index contributed by atoms with van der Waals surface area (Å²) in [6, 6.07) is 0. The summed E-state index contributed by atoms with van der Waals surface area (Å²) in [4.78, 5) is 0. The van der Waals surface area contributed by atoms with Gasteiger partial charge in [0, 0.05) is 0 Å². The van der Waals surface area contributed by atoms with Crippen LogP contribution >= 0.6 is 22.6 Å². The van der Waals surface area contributed by atoms with Crippen LogP contribution in [0.5, 0.6) is 0 Å². The van der Waals surface area contributed by atoms with Gasteiger partial charge in [-0.15, -0.1) is 0 Å². The van der Waals surface area contributed by atoms with E-state index < -0.39 is 0 Å². The normalized spacial score (nSPS) is 9.80. The van der Waals surface area contributed by atoms with Crippen LogP contribution < -0.4 is 0 Å². The van der Waals surface area contributed by atoms with E-state index in [0.717, 1.165) is 0 Å². The fourth-order valence-corrected chi connectivity index (χ4v) is 0.345. The van der Waals surface area contributed by atoms with Gasteiger partial charge in [0.2, 0.25) is 0 Å². The Morgan fingerprint density at radius 3 is 2.40 bits per heavy atom. The minimum absolute atomic E-state index is 0.656. The van der Waals surface area contributed by atoms with Crippen molar-refractivity contribution in [2.75, 3.05) is 0 Å². The Kier molecular flexibility index (Phi) is 5.02. The van der Waals surface area contributed by atoms with Crippen molar-refractivity contribution in [1.29, 1.82) is 0 Å². The van der Waals surface area contributed by atoms with Crippen molar-refractivity contribution in [1.82, 2.24) is 0 Å². The molecule has 26 valence electrons. The summed E-state index contributed by atoms with van der Waals surface area (Å²) in [5.74, 6) is 0. The topological polar surface area (TPSA) is 0 Å². The van der Waals surface area contributed by atoms with Gasteiger partial charge in [0.1, 0.15) is 0 Å². The first-order chi connectivity index (χ1) is 2.41. The fourth-order valence-electron chi connectivity index (χ4n) is 0.0514. The monoisotopic (exact) mass is 178 g/mol. The molecule has 0 spiro atoms. The van der Waals surface area contributed by atoms with Crippen molar-refractivity contribution in [3.8, 4) is 0 Å². The van der Waals surface area contributed by atoms with E-state index in [1.807, 2.05) is 10.2 Å². The summed E-state index contributed by atoms with van der Waals surface area (Å²) in [5, 5.41) is 0. The van der Waals surface area contributed by atoms with E-state index in [0.29, 0.717) is 6.32 Å². The van der Waals surface area contributed by atoms with Crippen LogP contribution in [0.25, 0.3) is 0 Å². The maximum atomic E-state index is 5.05. The lowest BCUT2D eigenvalue weighted by Crippen LogP contribution is -1.49. The first-order valence-electron chi connectivity index (χ1n) is 1.37. The van der Waals surface area contributed by atoms with E-state index >= 15 is 0 Å². The van der Waals surface area contributed by atoms with Gasteiger partial charge in [-0.3, -0.25) is 0 Å². The molecule has 0 unspecified atom stereocenters. The third-order valence-corrected chi connectivity index (χ3v) is 0.734. The van der Waals surface area contributed by atoms with Crippen molar-refractivity contribution in [3.05, 3.63) is 10.2 Å². The Labute approximate surface area is 47.2 Å². The molecular formula is C3H4BI. The number of rotatable bonds is 1. The molecule has 2 radical (unpaired) electrons. The summed E-state index contributed by atoms with van der Waals surface area (Å²) in [6.45, 7) is 0. The van der Waals surface area contributed by atoms with Crippen LogP contribution in [0.2, 0.25) is 6.32 Å². The molecule has 0 amide bonds. The maximum absolute atomic E-state index is 5.05. The second-order valence-corrected chi connectivity index (χ2v) is 1.32. The quantitative estimate of drug-likeness (QED) is 0.421. The summed E-state index contributed by atoms with van der Waals surface area (Å²) >= 11 is 2.13. The maximum Gasteiger partial charge on any atom is 0.0708 e. The molecule has 2 heteroatoms. The molecule has 5 heavy (non-hydrogen) atoms. The molecule has 0 heterocycles. The predicted octanol–water partition coefficient (Wildman–Crippen LogP) is 1.52. The molecule has 0 saturated carbocycles. The van der Waals surface area contributed by atoms with Crippen LogP contribution in [-0.4, -0.2) is 7.85 Å². The smallest absolute Gasteiger partial charge is 0.0708 e. The van der Waals surface area contributed by atoms with Crippen molar-refractivity contribution >= 4 is 30.4 Å². The number of allylic oxidation sites excluding steroid dienone is 1. The summed E-state index contributed by atoms with van der Waals surface area (Å²) in [5.41, 5.74) is 0. The van der Waals surface area contributed by atoms with Crippen molar-refractivity contribution in [2.24, 2.45) is 0 Å². The Balaban J connectivity index is 2.62. The lowest BCUT2D eigenvalue weighted by Gasteiger charge is -1.63. The van der Waals surface area contributed by atoms with Crippen LogP contribution in [0.15, 0.2) is 10.2 Å². The van der Waals surface area contributed by atoms with E-state index in [2.05, 4.69) is 22.6 Å². The second-order valence-electron chi connectivity index (χ2n) is 0.597.